The Bertz CT molecular complexity index is 564. The number of aromatic hydroxyl groups is 1. The van der Waals surface area contributed by atoms with Crippen molar-refractivity contribution in [1.82, 2.24) is 0 Å². The van der Waals surface area contributed by atoms with Gasteiger partial charge in [0.25, 0.3) is 5.52 Å². The van der Waals surface area contributed by atoms with Crippen LogP contribution in [0.4, 0.5) is 0 Å². The Hall–Kier alpha value is -1.10. The molecule has 2 aromatic rings. The number of benzene rings is 1. The predicted molar refractivity (Wildman–Crippen MR) is 65.4 cm³/mol. The molecule has 17 heavy (non-hydrogen) atoms. The Morgan fingerprint density at radius 1 is 1.35 bits per heavy atom. The third-order valence-corrected chi connectivity index (χ3v) is 2.92. The zero-order valence-corrected chi connectivity index (χ0v) is 12.2. The van der Waals surface area contributed by atoms with Gasteiger partial charge in [-0.1, -0.05) is 12.1 Å². The monoisotopic (exact) mass is 341 g/mol. The Labute approximate surface area is 119 Å². The van der Waals surface area contributed by atoms with Crippen molar-refractivity contribution in [2.45, 2.75) is 13.3 Å². The molecule has 0 saturated heterocycles. The molecule has 2 rings (SSSR count). The van der Waals surface area contributed by atoms with Crippen LogP contribution in [0.1, 0.15) is 11.1 Å². The van der Waals surface area contributed by atoms with E-state index in [1.807, 2.05) is 23.9 Å². The lowest BCUT2D eigenvalue weighted by atomic mass is 10.0. The van der Waals surface area contributed by atoms with E-state index in [4.69, 9.17) is 0 Å². The van der Waals surface area contributed by atoms with Crippen molar-refractivity contribution in [3.05, 3.63) is 48.2 Å². The second-order valence-corrected chi connectivity index (χ2v) is 4.07. The van der Waals surface area contributed by atoms with E-state index in [-0.39, 0.29) is 24.0 Å². The fourth-order valence-electron chi connectivity index (χ4n) is 2.00. The molecular weight excluding hydrogens is 325 g/mol. The number of phenolic OH excluding ortho intramolecular Hbond substituents is 1. The highest BCUT2D eigenvalue weighted by atomic mass is 127. The van der Waals surface area contributed by atoms with Crippen molar-refractivity contribution >= 4 is 10.9 Å². The number of hydrogen-bond acceptors (Lipinski definition) is 1. The van der Waals surface area contributed by atoms with Crippen LogP contribution in [0, 0.1) is 6.92 Å². The van der Waals surface area contributed by atoms with Gasteiger partial charge in [0.05, 0.1) is 5.39 Å². The first-order valence-electron chi connectivity index (χ1n) is 5.36. The maximum Gasteiger partial charge on any atom is 0.255 e. The van der Waals surface area contributed by atoms with Gasteiger partial charge in [-0.05, 0) is 25.0 Å². The van der Waals surface area contributed by atoms with E-state index in [9.17, 15) is 5.11 Å². The number of nitrogens with zero attached hydrogens (tertiary/aromatic N) is 1. The third-order valence-electron chi connectivity index (χ3n) is 2.92. The average Bonchev–Trinajstić information content (AvgIpc) is 2.27. The molecule has 0 spiro atoms. The van der Waals surface area contributed by atoms with Gasteiger partial charge >= 0.3 is 0 Å². The molecule has 90 valence electrons. The number of aromatic nitrogens is 1. The molecule has 0 amide bonds. The van der Waals surface area contributed by atoms with E-state index in [1.54, 1.807) is 6.08 Å². The van der Waals surface area contributed by atoms with Crippen LogP contribution in [0.3, 0.4) is 0 Å². The zero-order valence-electron chi connectivity index (χ0n) is 10.1. The summed E-state index contributed by atoms with van der Waals surface area (Å²) in [6.07, 6.45) is 4.46. The van der Waals surface area contributed by atoms with Crippen LogP contribution in [0.25, 0.3) is 10.9 Å². The first kappa shape index (κ1) is 14.0. The first-order valence-corrected chi connectivity index (χ1v) is 5.36. The lowest BCUT2D eigenvalue weighted by molar-refractivity contribution is -0.645. The number of aryl methyl sites for hydroxylation is 2. The highest BCUT2D eigenvalue weighted by Gasteiger charge is 2.15. The third kappa shape index (κ3) is 2.44. The second kappa shape index (κ2) is 5.49. The fourth-order valence-corrected chi connectivity index (χ4v) is 2.00. The van der Waals surface area contributed by atoms with Gasteiger partial charge in [0.2, 0.25) is 0 Å². The highest BCUT2D eigenvalue weighted by molar-refractivity contribution is 5.85. The zero-order chi connectivity index (χ0) is 11.7. The van der Waals surface area contributed by atoms with Gasteiger partial charge in [-0.25, -0.2) is 0 Å². The minimum Gasteiger partial charge on any atom is -1.00 e. The summed E-state index contributed by atoms with van der Waals surface area (Å²) in [5.41, 5.74) is 2.98. The van der Waals surface area contributed by atoms with Gasteiger partial charge < -0.3 is 29.1 Å². The number of phenols is 1. The quantitative estimate of drug-likeness (QED) is 0.441. The van der Waals surface area contributed by atoms with E-state index in [0.717, 1.165) is 16.5 Å². The molecule has 2 nitrogen and oxygen atoms in total. The summed E-state index contributed by atoms with van der Waals surface area (Å²) >= 11 is 0. The molecular formula is C14H16INO. The summed E-state index contributed by atoms with van der Waals surface area (Å²) in [5.74, 6) is 0.364. The molecule has 0 unspecified atom stereocenters. The van der Waals surface area contributed by atoms with Gasteiger partial charge in [0.15, 0.2) is 11.9 Å². The van der Waals surface area contributed by atoms with Crippen molar-refractivity contribution in [2.75, 3.05) is 0 Å². The summed E-state index contributed by atoms with van der Waals surface area (Å²) in [7, 11) is 1.94. The van der Waals surface area contributed by atoms with Crippen molar-refractivity contribution in [3.8, 4) is 5.75 Å². The average molecular weight is 341 g/mol. The Kier molecular flexibility index (Phi) is 4.51. The lowest BCUT2D eigenvalue weighted by Gasteiger charge is -2.06. The molecule has 0 fully saturated rings. The fraction of sp³-hybridized carbons (Fsp3) is 0.214. The summed E-state index contributed by atoms with van der Waals surface area (Å²) in [4.78, 5) is 0. The lowest BCUT2D eigenvalue weighted by Crippen LogP contribution is -3.00. The van der Waals surface area contributed by atoms with Crippen LogP contribution in [-0.4, -0.2) is 5.11 Å². The molecule has 0 atom stereocenters. The molecule has 1 N–H and O–H groups in total. The molecule has 0 aliphatic carbocycles. The van der Waals surface area contributed by atoms with Crippen LogP contribution in [0.15, 0.2) is 37.1 Å². The van der Waals surface area contributed by atoms with Crippen LogP contribution in [0.2, 0.25) is 0 Å². The molecule has 0 aliphatic heterocycles. The maximum atomic E-state index is 10.2. The normalized spacial score (nSPS) is 10.0. The minimum absolute atomic E-state index is 0. The molecule has 0 radical (unpaired) electrons. The maximum absolute atomic E-state index is 10.2. The number of halogens is 1. The van der Waals surface area contributed by atoms with Crippen molar-refractivity contribution in [2.24, 2.45) is 7.05 Å². The predicted octanol–water partition coefficient (Wildman–Crippen LogP) is -0.589. The Morgan fingerprint density at radius 3 is 2.71 bits per heavy atom. The smallest absolute Gasteiger partial charge is 0.255 e. The number of fused-ring (bicyclic) bond motifs is 1. The van der Waals surface area contributed by atoms with Crippen LogP contribution < -0.4 is 28.5 Å². The number of rotatable bonds is 2. The van der Waals surface area contributed by atoms with Gasteiger partial charge in [-0.3, -0.25) is 0 Å². The van der Waals surface area contributed by atoms with Crippen molar-refractivity contribution in [1.29, 1.82) is 0 Å². The molecule has 0 bridgehead atoms. The number of allylic oxidation sites excluding steroid dienone is 1. The molecule has 1 aromatic carbocycles. The minimum atomic E-state index is 0. The SMILES string of the molecule is C=CCc1ccc2c(C)cc[n+](C)c2c1O.[I-]. The molecule has 1 heterocycles. The standard InChI is InChI=1S/C14H15NO.HI/c1-4-5-11-6-7-12-10(2)8-9-15(3)13(12)14(11)16;/h4,6-9H,1,5H2,2-3H3;1H. The van der Waals surface area contributed by atoms with E-state index < -0.39 is 0 Å². The van der Waals surface area contributed by atoms with Gasteiger partial charge in [0, 0.05) is 11.6 Å². The highest BCUT2D eigenvalue weighted by Crippen LogP contribution is 2.28. The Balaban J connectivity index is 0.00000144. The van der Waals surface area contributed by atoms with Gasteiger partial charge in [-0.2, -0.15) is 4.57 Å². The largest absolute Gasteiger partial charge is 1.00 e. The Morgan fingerprint density at radius 2 is 2.06 bits per heavy atom. The number of pyridine rings is 1. The number of hydrogen-bond donors (Lipinski definition) is 1. The van der Waals surface area contributed by atoms with Crippen LogP contribution in [-0.2, 0) is 13.5 Å². The van der Waals surface area contributed by atoms with Crippen molar-refractivity contribution in [3.63, 3.8) is 0 Å². The summed E-state index contributed by atoms with van der Waals surface area (Å²) in [6.45, 7) is 5.75. The molecule has 0 aliphatic rings. The first-order chi connectivity index (χ1) is 7.65. The summed E-state index contributed by atoms with van der Waals surface area (Å²) in [5, 5.41) is 11.3. The molecule has 3 heteroatoms. The van der Waals surface area contributed by atoms with Crippen LogP contribution >= 0.6 is 0 Å². The second-order valence-electron chi connectivity index (χ2n) is 4.07. The molecule has 1 aromatic heterocycles. The van der Waals surface area contributed by atoms with E-state index in [1.165, 1.54) is 5.56 Å². The van der Waals surface area contributed by atoms with E-state index in [2.05, 4.69) is 25.6 Å². The summed E-state index contributed by atoms with van der Waals surface area (Å²) in [6, 6.07) is 6.07. The van der Waals surface area contributed by atoms with Gasteiger partial charge in [0.1, 0.15) is 7.05 Å². The van der Waals surface area contributed by atoms with Crippen molar-refractivity contribution < 1.29 is 33.7 Å². The van der Waals surface area contributed by atoms with Crippen LogP contribution in [0.5, 0.6) is 5.75 Å². The summed E-state index contributed by atoms with van der Waals surface area (Å²) < 4.78 is 1.95. The van der Waals surface area contributed by atoms with E-state index >= 15 is 0 Å². The molecule has 0 saturated carbocycles. The van der Waals surface area contributed by atoms with E-state index in [0.29, 0.717) is 12.2 Å². The van der Waals surface area contributed by atoms with Gasteiger partial charge in [-0.15, -0.1) is 6.58 Å². The topological polar surface area (TPSA) is 24.1 Å².